The Balaban J connectivity index is 1.28. The Hall–Kier alpha value is -3.54. The maximum Gasteiger partial charge on any atom is 0.338 e. The predicted molar refractivity (Wildman–Crippen MR) is 122 cm³/mol. The van der Waals surface area contributed by atoms with Gasteiger partial charge in [0.15, 0.2) is 5.82 Å². The van der Waals surface area contributed by atoms with Crippen molar-refractivity contribution in [2.24, 2.45) is 0 Å². The molecule has 33 heavy (non-hydrogen) atoms. The number of nitriles is 1. The number of ether oxygens (including phenoxy) is 1. The van der Waals surface area contributed by atoms with Crippen LogP contribution in [0.5, 0.6) is 0 Å². The molecule has 1 N–H and O–H groups in total. The molecule has 1 aromatic carbocycles. The molecular formula is C25H26N6O2. The summed E-state index contributed by atoms with van der Waals surface area (Å²) in [6, 6.07) is 10.4. The van der Waals surface area contributed by atoms with Crippen molar-refractivity contribution in [3.05, 3.63) is 75.7 Å². The highest BCUT2D eigenvalue weighted by Gasteiger charge is 2.28. The van der Waals surface area contributed by atoms with Crippen LogP contribution < -0.4 is 5.32 Å². The van der Waals surface area contributed by atoms with Crippen molar-refractivity contribution in [2.45, 2.75) is 39.5 Å². The maximum absolute atomic E-state index is 11.9. The lowest BCUT2D eigenvalue weighted by Crippen LogP contribution is -2.45. The number of hydrogen-bond acceptors (Lipinski definition) is 7. The number of esters is 1. The monoisotopic (exact) mass is 442 g/mol. The molecule has 2 aliphatic rings. The Kier molecular flexibility index (Phi) is 5.67. The highest BCUT2D eigenvalue weighted by molar-refractivity contribution is 5.94. The van der Waals surface area contributed by atoms with E-state index in [1.807, 2.05) is 25.3 Å². The lowest BCUT2D eigenvalue weighted by atomic mass is 9.93. The highest BCUT2D eigenvalue weighted by atomic mass is 16.5. The van der Waals surface area contributed by atoms with Crippen LogP contribution in [0, 0.1) is 18.3 Å². The summed E-state index contributed by atoms with van der Waals surface area (Å²) in [6.45, 7) is 7.97. The van der Waals surface area contributed by atoms with Crippen LogP contribution in [-0.4, -0.2) is 45.3 Å². The van der Waals surface area contributed by atoms with Gasteiger partial charge in [0.25, 0.3) is 0 Å². The highest BCUT2D eigenvalue weighted by Crippen LogP contribution is 2.30. The molecule has 0 saturated carbocycles. The molecule has 8 nitrogen and oxygen atoms in total. The van der Waals surface area contributed by atoms with Gasteiger partial charge < -0.3 is 10.1 Å². The molecule has 168 valence electrons. The number of nitrogens with zero attached hydrogens (tertiary/aromatic N) is 5. The van der Waals surface area contributed by atoms with E-state index in [9.17, 15) is 10.1 Å². The quantitative estimate of drug-likeness (QED) is 0.607. The van der Waals surface area contributed by atoms with E-state index in [1.54, 1.807) is 10.9 Å². The Morgan fingerprint density at radius 1 is 1.30 bits per heavy atom. The van der Waals surface area contributed by atoms with E-state index in [-0.39, 0.29) is 12.0 Å². The predicted octanol–water partition coefficient (Wildman–Crippen LogP) is 2.83. The summed E-state index contributed by atoms with van der Waals surface area (Å²) in [6.07, 6.45) is 4.33. The lowest BCUT2D eigenvalue weighted by Gasteiger charge is -2.34. The molecule has 2 aromatic heterocycles. The zero-order chi connectivity index (χ0) is 22.9. The first-order valence-corrected chi connectivity index (χ1v) is 11.3. The van der Waals surface area contributed by atoms with Gasteiger partial charge in [0, 0.05) is 44.0 Å². The van der Waals surface area contributed by atoms with E-state index in [4.69, 9.17) is 4.74 Å². The summed E-state index contributed by atoms with van der Waals surface area (Å²) in [5, 5.41) is 17.4. The summed E-state index contributed by atoms with van der Waals surface area (Å²) in [7, 11) is 0. The topological polar surface area (TPSA) is 96.1 Å². The fourth-order valence-electron chi connectivity index (χ4n) is 4.69. The summed E-state index contributed by atoms with van der Waals surface area (Å²) >= 11 is 0. The summed E-state index contributed by atoms with van der Waals surface area (Å²) < 4.78 is 6.88. The molecule has 2 aliphatic heterocycles. The van der Waals surface area contributed by atoms with E-state index >= 15 is 0 Å². The molecule has 8 heteroatoms. The molecule has 0 spiro atoms. The van der Waals surface area contributed by atoms with Gasteiger partial charge in [-0.3, -0.25) is 4.90 Å². The maximum atomic E-state index is 11.9. The molecule has 0 radical (unpaired) electrons. The summed E-state index contributed by atoms with van der Waals surface area (Å²) in [5.74, 6) is 0.484. The number of aromatic nitrogens is 3. The summed E-state index contributed by atoms with van der Waals surface area (Å²) in [4.78, 5) is 18.8. The average Bonchev–Trinajstić information content (AvgIpc) is 3.44. The normalized spacial score (nSPS) is 18.1. The zero-order valence-electron chi connectivity index (χ0n) is 18.8. The van der Waals surface area contributed by atoms with Crippen LogP contribution in [0.2, 0.25) is 0 Å². The number of hydrogen-bond donors (Lipinski definition) is 1. The van der Waals surface area contributed by atoms with Crippen LogP contribution in [0.3, 0.4) is 0 Å². The zero-order valence-corrected chi connectivity index (χ0v) is 18.8. The minimum Gasteiger partial charge on any atom is -0.457 e. The molecular weight excluding hydrogens is 416 g/mol. The van der Waals surface area contributed by atoms with Gasteiger partial charge in [-0.2, -0.15) is 10.4 Å². The smallest absolute Gasteiger partial charge is 0.338 e. The number of pyridine rings is 1. The van der Waals surface area contributed by atoms with Gasteiger partial charge in [-0.05, 0) is 42.2 Å². The third-order valence-electron chi connectivity index (χ3n) is 6.54. The van der Waals surface area contributed by atoms with Gasteiger partial charge in [-0.1, -0.05) is 19.1 Å². The second kappa shape index (κ2) is 8.77. The van der Waals surface area contributed by atoms with Crippen molar-refractivity contribution in [2.75, 3.05) is 19.6 Å². The number of carbonyl (C=O) groups is 1. The van der Waals surface area contributed by atoms with Crippen molar-refractivity contribution in [3.63, 3.8) is 0 Å². The van der Waals surface area contributed by atoms with E-state index in [0.29, 0.717) is 30.0 Å². The van der Waals surface area contributed by atoms with Gasteiger partial charge in [-0.15, -0.1) is 0 Å². The molecule has 1 fully saturated rings. The molecule has 1 saturated heterocycles. The Bertz CT molecular complexity index is 1240. The fourth-order valence-corrected chi connectivity index (χ4v) is 4.69. The number of piperazine rings is 1. The number of benzene rings is 1. The van der Waals surface area contributed by atoms with E-state index in [2.05, 4.69) is 45.4 Å². The number of carbonyl (C=O) groups excluding carboxylic acids is 1. The Morgan fingerprint density at radius 2 is 2.18 bits per heavy atom. The number of rotatable bonds is 5. The van der Waals surface area contributed by atoms with Crippen LogP contribution in [-0.2, 0) is 24.3 Å². The van der Waals surface area contributed by atoms with Crippen LogP contribution in [0.15, 0.2) is 36.7 Å². The largest absolute Gasteiger partial charge is 0.457 e. The third-order valence-corrected chi connectivity index (χ3v) is 6.54. The van der Waals surface area contributed by atoms with Gasteiger partial charge in [0.1, 0.15) is 12.7 Å². The molecule has 0 amide bonds. The van der Waals surface area contributed by atoms with E-state index in [1.165, 1.54) is 5.56 Å². The number of nitrogens with one attached hydrogen (secondary N) is 1. The first-order chi connectivity index (χ1) is 16.1. The minimum absolute atomic E-state index is 0.202. The van der Waals surface area contributed by atoms with Gasteiger partial charge in [0.05, 0.1) is 23.0 Å². The first-order valence-electron chi connectivity index (χ1n) is 11.3. The molecule has 0 aliphatic carbocycles. The van der Waals surface area contributed by atoms with Crippen molar-refractivity contribution < 1.29 is 9.53 Å². The second-order valence-electron chi connectivity index (χ2n) is 8.55. The van der Waals surface area contributed by atoms with Crippen LogP contribution in [0.4, 0.5) is 0 Å². The fraction of sp³-hybridized carbons (Fsp3) is 0.360. The molecule has 5 rings (SSSR count). The number of fused-ring (bicyclic) bond motifs is 1. The second-order valence-corrected chi connectivity index (χ2v) is 8.55. The van der Waals surface area contributed by atoms with Crippen LogP contribution >= 0.6 is 0 Å². The van der Waals surface area contributed by atoms with Crippen molar-refractivity contribution in [1.29, 1.82) is 5.26 Å². The lowest BCUT2D eigenvalue weighted by molar-refractivity contribution is 0.0535. The minimum atomic E-state index is -0.223. The van der Waals surface area contributed by atoms with E-state index < -0.39 is 0 Å². The van der Waals surface area contributed by atoms with Gasteiger partial charge >= 0.3 is 5.97 Å². The molecule has 1 unspecified atom stereocenters. The molecule has 3 aromatic rings. The SMILES string of the molecule is CCc1nn(-c2ccc(CN3CCNC(c4ccc5c(c4C)COC5=O)C3)cn2)cc1C#N. The standard InChI is InChI=1S/C25H26N6O2/c1-3-22-18(10-26)13-31(29-22)24-7-4-17(11-28-24)12-30-9-8-27-23(14-30)19-5-6-20-21(16(19)2)15-33-25(20)32/h4-7,11,13,23,27H,3,8-9,12,14-15H2,1-2H3. The Labute approximate surface area is 192 Å². The van der Waals surface area contributed by atoms with Crippen molar-refractivity contribution >= 4 is 5.97 Å². The van der Waals surface area contributed by atoms with Gasteiger partial charge in [-0.25, -0.2) is 14.5 Å². The van der Waals surface area contributed by atoms with Crippen molar-refractivity contribution in [3.8, 4) is 11.9 Å². The van der Waals surface area contributed by atoms with Gasteiger partial charge in [0.2, 0.25) is 0 Å². The third kappa shape index (κ3) is 4.01. The number of aryl methyl sites for hydroxylation is 1. The summed E-state index contributed by atoms with van der Waals surface area (Å²) in [5.41, 5.74) is 6.59. The molecule has 0 bridgehead atoms. The van der Waals surface area contributed by atoms with Crippen molar-refractivity contribution in [1.82, 2.24) is 25.0 Å². The Morgan fingerprint density at radius 3 is 2.91 bits per heavy atom. The van der Waals surface area contributed by atoms with E-state index in [0.717, 1.165) is 48.6 Å². The first kappa shape index (κ1) is 21.3. The van der Waals surface area contributed by atoms with Crippen LogP contribution in [0.1, 0.15) is 56.8 Å². The average molecular weight is 443 g/mol. The molecule has 1 atom stereocenters. The molecule has 4 heterocycles. The number of cyclic esters (lactones) is 1. The van der Waals surface area contributed by atoms with Crippen LogP contribution in [0.25, 0.3) is 5.82 Å².